The number of esters is 1. The zero-order valence-electron chi connectivity index (χ0n) is 20.3. The number of nitriles is 1. The Hall–Kier alpha value is -4.48. The fraction of sp³-hybridized carbons (Fsp3) is 0.179. The SMILES string of the molecule is CC(=O)OCCCN1C(=O)C(C#N)=C(C)/C(=C\c2cn(-c3ccccc3)nc2-c2ccc(Cl)cc2)C1=O. The second-order valence-electron chi connectivity index (χ2n) is 8.35. The minimum absolute atomic E-state index is 0.00800. The van der Waals surface area contributed by atoms with Gasteiger partial charge in [0.15, 0.2) is 0 Å². The third-order valence-electron chi connectivity index (χ3n) is 5.84. The van der Waals surface area contributed by atoms with Gasteiger partial charge in [-0.1, -0.05) is 41.9 Å². The van der Waals surface area contributed by atoms with Gasteiger partial charge in [0.05, 0.1) is 18.0 Å². The molecule has 0 saturated carbocycles. The van der Waals surface area contributed by atoms with Crippen LogP contribution in [0.3, 0.4) is 0 Å². The summed E-state index contributed by atoms with van der Waals surface area (Å²) in [6.45, 7) is 2.93. The van der Waals surface area contributed by atoms with Crippen molar-refractivity contribution in [1.82, 2.24) is 14.7 Å². The number of nitrogens with zero attached hydrogens (tertiary/aromatic N) is 4. The van der Waals surface area contributed by atoms with Crippen molar-refractivity contribution in [2.75, 3.05) is 13.2 Å². The molecule has 1 aromatic heterocycles. The van der Waals surface area contributed by atoms with Gasteiger partial charge >= 0.3 is 5.97 Å². The van der Waals surface area contributed by atoms with Crippen molar-refractivity contribution in [3.8, 4) is 23.0 Å². The molecule has 0 bridgehead atoms. The van der Waals surface area contributed by atoms with E-state index in [0.29, 0.717) is 21.9 Å². The molecule has 1 aliphatic heterocycles. The molecule has 0 aliphatic carbocycles. The molecular formula is C28H23ClN4O4. The summed E-state index contributed by atoms with van der Waals surface area (Å²) in [6.07, 6.45) is 3.70. The van der Waals surface area contributed by atoms with Gasteiger partial charge in [-0.25, -0.2) is 4.68 Å². The molecule has 0 radical (unpaired) electrons. The van der Waals surface area contributed by atoms with Gasteiger partial charge in [0.25, 0.3) is 11.8 Å². The molecule has 0 saturated heterocycles. The fourth-order valence-electron chi connectivity index (χ4n) is 3.96. The highest BCUT2D eigenvalue weighted by molar-refractivity contribution is 6.30. The first-order valence-corrected chi connectivity index (χ1v) is 11.9. The molecule has 2 heterocycles. The number of hydrogen-bond acceptors (Lipinski definition) is 6. The maximum absolute atomic E-state index is 13.5. The van der Waals surface area contributed by atoms with Crippen LogP contribution >= 0.6 is 11.6 Å². The maximum atomic E-state index is 13.5. The smallest absolute Gasteiger partial charge is 0.302 e. The maximum Gasteiger partial charge on any atom is 0.302 e. The number of hydrogen-bond donors (Lipinski definition) is 0. The summed E-state index contributed by atoms with van der Waals surface area (Å²) in [5, 5.41) is 15.0. The third-order valence-corrected chi connectivity index (χ3v) is 6.09. The van der Waals surface area contributed by atoms with Crippen LogP contribution < -0.4 is 0 Å². The quantitative estimate of drug-likeness (QED) is 0.195. The summed E-state index contributed by atoms with van der Waals surface area (Å²) in [5.74, 6) is -1.64. The predicted octanol–water partition coefficient (Wildman–Crippen LogP) is 4.74. The van der Waals surface area contributed by atoms with Gasteiger partial charge in [-0.05, 0) is 49.3 Å². The molecule has 9 heteroatoms. The molecule has 2 aromatic carbocycles. The summed E-state index contributed by atoms with van der Waals surface area (Å²) < 4.78 is 6.62. The van der Waals surface area contributed by atoms with Crippen LogP contribution in [0.2, 0.25) is 5.02 Å². The van der Waals surface area contributed by atoms with Crippen LogP contribution in [-0.4, -0.2) is 45.6 Å². The van der Waals surface area contributed by atoms with Crippen molar-refractivity contribution in [1.29, 1.82) is 5.26 Å². The first-order chi connectivity index (χ1) is 17.8. The molecular weight excluding hydrogens is 492 g/mol. The van der Waals surface area contributed by atoms with Crippen molar-refractivity contribution < 1.29 is 19.1 Å². The van der Waals surface area contributed by atoms with E-state index in [1.807, 2.05) is 48.5 Å². The molecule has 37 heavy (non-hydrogen) atoms. The van der Waals surface area contributed by atoms with Gasteiger partial charge in [0.2, 0.25) is 0 Å². The van der Waals surface area contributed by atoms with E-state index in [1.165, 1.54) is 6.92 Å². The zero-order chi connectivity index (χ0) is 26.5. The largest absolute Gasteiger partial charge is 0.466 e. The number of benzene rings is 2. The Kier molecular flexibility index (Phi) is 7.66. The number of para-hydroxylation sites is 1. The summed E-state index contributed by atoms with van der Waals surface area (Å²) in [4.78, 5) is 38.4. The lowest BCUT2D eigenvalue weighted by atomic mass is 9.93. The monoisotopic (exact) mass is 514 g/mol. The first-order valence-electron chi connectivity index (χ1n) is 11.5. The molecule has 8 nitrogen and oxygen atoms in total. The van der Waals surface area contributed by atoms with E-state index < -0.39 is 17.8 Å². The lowest BCUT2D eigenvalue weighted by Gasteiger charge is -2.27. The molecule has 0 atom stereocenters. The van der Waals surface area contributed by atoms with Crippen LogP contribution in [0, 0.1) is 11.3 Å². The van der Waals surface area contributed by atoms with E-state index >= 15 is 0 Å². The number of carbonyl (C=O) groups excluding carboxylic acids is 3. The van der Waals surface area contributed by atoms with E-state index in [0.717, 1.165) is 16.2 Å². The van der Waals surface area contributed by atoms with Crippen molar-refractivity contribution in [2.24, 2.45) is 0 Å². The van der Waals surface area contributed by atoms with Gasteiger partial charge in [-0.2, -0.15) is 10.4 Å². The number of halogens is 1. The van der Waals surface area contributed by atoms with Gasteiger partial charge in [0.1, 0.15) is 11.6 Å². The Morgan fingerprint density at radius 2 is 1.81 bits per heavy atom. The second-order valence-corrected chi connectivity index (χ2v) is 8.78. The average Bonchev–Trinajstić information content (AvgIpc) is 3.31. The molecule has 0 unspecified atom stereocenters. The summed E-state index contributed by atoms with van der Waals surface area (Å²) >= 11 is 6.08. The highest BCUT2D eigenvalue weighted by atomic mass is 35.5. The standard InChI is InChI=1S/C28H23ClN4O4/c1-18-24(27(35)32(28(36)25(18)16-30)13-6-14-37-19(2)34)15-21-17-33(23-7-4-3-5-8-23)31-26(21)20-9-11-22(29)12-10-20/h3-5,7-12,15,17H,6,13-14H2,1-2H3/b24-15+. The van der Waals surface area contributed by atoms with Crippen molar-refractivity contribution >= 4 is 35.5 Å². The fourth-order valence-corrected chi connectivity index (χ4v) is 4.09. The second kappa shape index (κ2) is 11.1. The first kappa shape index (κ1) is 25.6. The van der Waals surface area contributed by atoms with Crippen LogP contribution in [0.15, 0.2) is 77.5 Å². The van der Waals surface area contributed by atoms with E-state index in [1.54, 1.807) is 36.0 Å². The van der Waals surface area contributed by atoms with Crippen molar-refractivity contribution in [3.05, 3.63) is 88.1 Å². The third kappa shape index (κ3) is 5.52. The number of rotatable bonds is 7. The van der Waals surface area contributed by atoms with Crippen molar-refractivity contribution in [2.45, 2.75) is 20.3 Å². The number of amides is 2. The molecule has 0 N–H and O–H groups in total. The zero-order valence-corrected chi connectivity index (χ0v) is 21.0. The number of imide groups is 1. The molecule has 4 rings (SSSR count). The summed E-state index contributed by atoms with van der Waals surface area (Å²) in [5.41, 5.74) is 3.23. The summed E-state index contributed by atoms with van der Waals surface area (Å²) in [7, 11) is 0. The van der Waals surface area contributed by atoms with Gasteiger partial charge in [-0.3, -0.25) is 19.3 Å². The van der Waals surface area contributed by atoms with Gasteiger partial charge in [-0.15, -0.1) is 0 Å². The molecule has 186 valence electrons. The van der Waals surface area contributed by atoms with E-state index in [4.69, 9.17) is 21.4 Å². The van der Waals surface area contributed by atoms with Crippen LogP contribution in [0.4, 0.5) is 0 Å². The van der Waals surface area contributed by atoms with Crippen molar-refractivity contribution in [3.63, 3.8) is 0 Å². The summed E-state index contributed by atoms with van der Waals surface area (Å²) in [6, 6.07) is 18.6. The topological polar surface area (TPSA) is 105 Å². The lowest BCUT2D eigenvalue weighted by Crippen LogP contribution is -2.43. The number of ether oxygens (including phenoxy) is 1. The molecule has 0 fully saturated rings. The molecule has 2 amide bonds. The van der Waals surface area contributed by atoms with E-state index in [9.17, 15) is 19.6 Å². The Bertz CT molecular complexity index is 1460. The highest BCUT2D eigenvalue weighted by Gasteiger charge is 2.35. The Morgan fingerprint density at radius 3 is 2.46 bits per heavy atom. The average molecular weight is 515 g/mol. The van der Waals surface area contributed by atoms with E-state index in [2.05, 4.69) is 0 Å². The molecule has 1 aliphatic rings. The van der Waals surface area contributed by atoms with Gasteiger partial charge < -0.3 is 4.74 Å². The minimum Gasteiger partial charge on any atom is -0.466 e. The van der Waals surface area contributed by atoms with Crippen LogP contribution in [0.5, 0.6) is 0 Å². The van der Waals surface area contributed by atoms with Crippen LogP contribution in [0.1, 0.15) is 25.8 Å². The molecule has 0 spiro atoms. The highest BCUT2D eigenvalue weighted by Crippen LogP contribution is 2.31. The van der Waals surface area contributed by atoms with Gasteiger partial charge in [0, 0.05) is 41.4 Å². The normalized spacial score (nSPS) is 14.8. The Balaban J connectivity index is 1.80. The Labute approximate surface area is 219 Å². The van der Waals surface area contributed by atoms with Crippen LogP contribution in [0.25, 0.3) is 23.0 Å². The Morgan fingerprint density at radius 1 is 1.11 bits per heavy atom. The molecule has 3 aromatic rings. The van der Waals surface area contributed by atoms with Crippen LogP contribution in [-0.2, 0) is 19.1 Å². The minimum atomic E-state index is -0.664. The lowest BCUT2D eigenvalue weighted by molar-refractivity contribution is -0.141. The number of carbonyl (C=O) groups is 3. The number of aromatic nitrogens is 2. The predicted molar refractivity (Wildman–Crippen MR) is 138 cm³/mol. The van der Waals surface area contributed by atoms with E-state index in [-0.39, 0.29) is 30.7 Å².